The number of unbranched alkanes of at least 4 members (excludes halogenated alkanes) is 6. The van der Waals surface area contributed by atoms with Crippen LogP contribution in [0.5, 0.6) is 0 Å². The molecule has 1 aliphatic rings. The maximum atomic E-state index is 11.3. The van der Waals surface area contributed by atoms with Gasteiger partial charge in [-0.25, -0.2) is 0 Å². The highest BCUT2D eigenvalue weighted by Crippen LogP contribution is 2.18. The minimum absolute atomic E-state index is 0.0431. The van der Waals surface area contributed by atoms with Crippen molar-refractivity contribution in [2.75, 3.05) is 6.54 Å². The van der Waals surface area contributed by atoms with Gasteiger partial charge in [-0.3, -0.25) is 19.3 Å². The second-order valence-electron chi connectivity index (χ2n) is 6.08. The largest absolute Gasteiger partial charge is 0.298 e. The lowest BCUT2D eigenvalue weighted by atomic mass is 10.1. The molecule has 1 fully saturated rings. The molecule has 0 aliphatic carbocycles. The Morgan fingerprint density at radius 2 is 1.50 bits per heavy atom. The molecular weight excluding hydrogens is 278 g/mol. The highest BCUT2D eigenvalue weighted by molar-refractivity contribution is 6.05. The molecule has 1 aliphatic heterocycles. The van der Waals surface area contributed by atoms with Crippen molar-refractivity contribution in [2.24, 2.45) is 5.92 Å². The fraction of sp³-hybridized carbons (Fsp3) is 0.833. The molecule has 4 heteroatoms. The molecular formula is C18H33NO3. The number of likely N-dealkylation sites (tertiary alicyclic amines) is 1. The number of carbonyl (C=O) groups excluding carboxylic acids is 3. The molecule has 2 amide bonds. The van der Waals surface area contributed by atoms with Crippen LogP contribution in [0.25, 0.3) is 0 Å². The normalized spacial score (nSPS) is 17.5. The number of amides is 2. The molecule has 1 rings (SSSR count). The Kier molecular flexibility index (Phi) is 11.7. The molecule has 0 aromatic rings. The molecule has 4 nitrogen and oxygen atoms in total. The standard InChI is InChI=1S/C9H13NO3.C9H20/c1-3-7(11)5-10-8(12)4-6(2)9(10)13;1-3-5-7-9-8-6-4-2/h6H,3-5H2,1-2H3;3-9H2,1-2H3. The average molecular weight is 311 g/mol. The summed E-state index contributed by atoms with van der Waals surface area (Å²) in [5.41, 5.74) is 0. The van der Waals surface area contributed by atoms with E-state index in [1.807, 2.05) is 0 Å². The van der Waals surface area contributed by atoms with Gasteiger partial charge < -0.3 is 0 Å². The molecule has 0 spiro atoms. The van der Waals surface area contributed by atoms with E-state index in [2.05, 4.69) is 13.8 Å². The minimum Gasteiger partial charge on any atom is -0.298 e. The second kappa shape index (κ2) is 12.4. The Balaban J connectivity index is 0.000000433. The number of hydrogen-bond acceptors (Lipinski definition) is 3. The Bertz CT molecular complexity index is 346. The van der Waals surface area contributed by atoms with Crippen LogP contribution in [0.3, 0.4) is 0 Å². The third-order valence-corrected chi connectivity index (χ3v) is 3.91. The van der Waals surface area contributed by atoms with E-state index in [-0.39, 0.29) is 36.5 Å². The highest BCUT2D eigenvalue weighted by Gasteiger charge is 2.35. The maximum Gasteiger partial charge on any atom is 0.232 e. The molecule has 0 saturated carbocycles. The Labute approximate surface area is 135 Å². The molecule has 0 aromatic heterocycles. The van der Waals surface area contributed by atoms with E-state index < -0.39 is 0 Å². The molecule has 22 heavy (non-hydrogen) atoms. The number of Topliss-reactive ketones (excluding diaryl/α,β-unsaturated/α-hetero) is 1. The zero-order chi connectivity index (χ0) is 17.0. The van der Waals surface area contributed by atoms with Gasteiger partial charge in [-0.05, 0) is 0 Å². The van der Waals surface area contributed by atoms with Crippen LogP contribution in [0.2, 0.25) is 0 Å². The van der Waals surface area contributed by atoms with Gasteiger partial charge in [0.15, 0.2) is 5.78 Å². The van der Waals surface area contributed by atoms with Crippen LogP contribution in [0.1, 0.15) is 85.5 Å². The van der Waals surface area contributed by atoms with E-state index >= 15 is 0 Å². The summed E-state index contributed by atoms with van der Waals surface area (Å²) in [6.07, 6.45) is 10.6. The van der Waals surface area contributed by atoms with Crippen LogP contribution >= 0.6 is 0 Å². The molecule has 1 unspecified atom stereocenters. The SMILES string of the molecule is CCC(=O)CN1C(=O)CC(C)C1=O.CCCCCCCCC. The zero-order valence-corrected chi connectivity index (χ0v) is 14.8. The fourth-order valence-corrected chi connectivity index (χ4v) is 2.33. The van der Waals surface area contributed by atoms with Crippen molar-refractivity contribution in [1.82, 2.24) is 4.90 Å². The van der Waals surface area contributed by atoms with E-state index in [1.54, 1.807) is 13.8 Å². The Morgan fingerprint density at radius 3 is 1.86 bits per heavy atom. The number of rotatable bonds is 9. The first-order valence-corrected chi connectivity index (χ1v) is 8.83. The van der Waals surface area contributed by atoms with Gasteiger partial charge in [-0.1, -0.05) is 72.6 Å². The summed E-state index contributed by atoms with van der Waals surface area (Å²) in [6.45, 7) is 7.91. The van der Waals surface area contributed by atoms with E-state index in [0.717, 1.165) is 4.90 Å². The van der Waals surface area contributed by atoms with Crippen molar-refractivity contribution >= 4 is 17.6 Å². The van der Waals surface area contributed by atoms with Crippen molar-refractivity contribution in [2.45, 2.75) is 85.5 Å². The third kappa shape index (κ3) is 8.30. The zero-order valence-electron chi connectivity index (χ0n) is 14.8. The van der Waals surface area contributed by atoms with Crippen molar-refractivity contribution in [3.05, 3.63) is 0 Å². The molecule has 1 atom stereocenters. The molecule has 0 N–H and O–H groups in total. The van der Waals surface area contributed by atoms with Gasteiger partial charge >= 0.3 is 0 Å². The first-order valence-electron chi connectivity index (χ1n) is 8.83. The predicted octanol–water partition coefficient (Wildman–Crippen LogP) is 4.12. The average Bonchev–Trinajstić information content (AvgIpc) is 2.74. The van der Waals surface area contributed by atoms with E-state index in [9.17, 15) is 14.4 Å². The number of hydrogen-bond donors (Lipinski definition) is 0. The number of ketones is 1. The van der Waals surface area contributed by atoms with Gasteiger partial charge in [-0.2, -0.15) is 0 Å². The highest BCUT2D eigenvalue weighted by atomic mass is 16.2. The first kappa shape index (κ1) is 20.8. The third-order valence-electron chi connectivity index (χ3n) is 3.91. The number of imide groups is 1. The summed E-state index contributed by atoms with van der Waals surface area (Å²) < 4.78 is 0. The lowest BCUT2D eigenvalue weighted by Crippen LogP contribution is -2.35. The Hall–Kier alpha value is -1.19. The molecule has 0 bridgehead atoms. The van der Waals surface area contributed by atoms with Crippen molar-refractivity contribution in [3.8, 4) is 0 Å². The van der Waals surface area contributed by atoms with Crippen molar-refractivity contribution in [1.29, 1.82) is 0 Å². The lowest BCUT2D eigenvalue weighted by molar-refractivity contribution is -0.142. The lowest BCUT2D eigenvalue weighted by Gasteiger charge is -2.11. The van der Waals surface area contributed by atoms with Gasteiger partial charge in [0, 0.05) is 18.8 Å². The maximum absolute atomic E-state index is 11.3. The first-order chi connectivity index (χ1) is 10.5. The van der Waals surface area contributed by atoms with E-state index in [0.29, 0.717) is 6.42 Å². The van der Waals surface area contributed by atoms with Gasteiger partial charge in [0.2, 0.25) is 11.8 Å². The van der Waals surface area contributed by atoms with Gasteiger partial charge in [0.25, 0.3) is 0 Å². The molecule has 128 valence electrons. The van der Waals surface area contributed by atoms with Crippen LogP contribution in [0.4, 0.5) is 0 Å². The predicted molar refractivity (Wildman–Crippen MR) is 89.5 cm³/mol. The van der Waals surface area contributed by atoms with Crippen LogP contribution < -0.4 is 0 Å². The number of nitrogens with zero attached hydrogens (tertiary/aromatic N) is 1. The van der Waals surface area contributed by atoms with Gasteiger partial charge in [0.05, 0.1) is 6.54 Å². The van der Waals surface area contributed by atoms with E-state index in [4.69, 9.17) is 0 Å². The Morgan fingerprint density at radius 1 is 1.00 bits per heavy atom. The monoisotopic (exact) mass is 311 g/mol. The van der Waals surface area contributed by atoms with Crippen LogP contribution in [0, 0.1) is 5.92 Å². The molecule has 0 aromatic carbocycles. The summed E-state index contributed by atoms with van der Waals surface area (Å²) in [4.78, 5) is 34.6. The summed E-state index contributed by atoms with van der Waals surface area (Å²) >= 11 is 0. The van der Waals surface area contributed by atoms with Gasteiger partial charge in [-0.15, -0.1) is 0 Å². The molecule has 0 radical (unpaired) electrons. The van der Waals surface area contributed by atoms with Crippen molar-refractivity contribution < 1.29 is 14.4 Å². The van der Waals surface area contributed by atoms with Crippen molar-refractivity contribution in [3.63, 3.8) is 0 Å². The summed E-state index contributed by atoms with van der Waals surface area (Å²) in [7, 11) is 0. The topological polar surface area (TPSA) is 54.5 Å². The molecule has 1 saturated heterocycles. The van der Waals surface area contributed by atoms with E-state index in [1.165, 1.54) is 44.9 Å². The summed E-state index contributed by atoms with van der Waals surface area (Å²) in [5.74, 6) is -0.765. The van der Waals surface area contributed by atoms with Crippen LogP contribution in [-0.2, 0) is 14.4 Å². The summed E-state index contributed by atoms with van der Waals surface area (Å²) in [5, 5.41) is 0. The fourth-order valence-electron chi connectivity index (χ4n) is 2.33. The number of carbonyl (C=O) groups is 3. The smallest absolute Gasteiger partial charge is 0.232 e. The second-order valence-corrected chi connectivity index (χ2v) is 6.08. The minimum atomic E-state index is -0.253. The quantitative estimate of drug-likeness (QED) is 0.475. The van der Waals surface area contributed by atoms with Gasteiger partial charge in [0.1, 0.15) is 0 Å². The van der Waals surface area contributed by atoms with Crippen LogP contribution in [-0.4, -0.2) is 29.0 Å². The van der Waals surface area contributed by atoms with Crippen LogP contribution in [0.15, 0.2) is 0 Å². The molecule has 1 heterocycles. The summed E-state index contributed by atoms with van der Waals surface area (Å²) in [6, 6.07) is 0.